The van der Waals surface area contributed by atoms with Gasteiger partial charge in [-0.15, -0.1) is 16.8 Å². The number of halogens is 1. The van der Waals surface area contributed by atoms with Crippen molar-refractivity contribution < 1.29 is 9.53 Å². The summed E-state index contributed by atoms with van der Waals surface area (Å²) in [6.07, 6.45) is 1.78. The first-order valence-corrected chi connectivity index (χ1v) is 11.9. The number of hydrogen-bond donors (Lipinski definition) is 1. The van der Waals surface area contributed by atoms with Crippen molar-refractivity contribution in [2.75, 3.05) is 11.1 Å². The molecule has 0 spiro atoms. The first kappa shape index (κ1) is 23.3. The molecular formula is C23H25IN4O2S. The highest BCUT2D eigenvalue weighted by molar-refractivity contribution is 14.1. The summed E-state index contributed by atoms with van der Waals surface area (Å²) in [6.45, 7) is 10.7. The summed E-state index contributed by atoms with van der Waals surface area (Å²) in [6, 6.07) is 12.0. The average Bonchev–Trinajstić information content (AvgIpc) is 3.10. The van der Waals surface area contributed by atoms with Crippen LogP contribution >= 0.6 is 34.4 Å². The van der Waals surface area contributed by atoms with Crippen molar-refractivity contribution in [3.05, 3.63) is 75.1 Å². The van der Waals surface area contributed by atoms with Gasteiger partial charge in [0.15, 0.2) is 11.0 Å². The van der Waals surface area contributed by atoms with Crippen LogP contribution in [0.25, 0.3) is 0 Å². The van der Waals surface area contributed by atoms with Crippen LogP contribution in [0.4, 0.5) is 5.69 Å². The van der Waals surface area contributed by atoms with Crippen molar-refractivity contribution in [3.63, 3.8) is 0 Å². The third-order valence-electron chi connectivity index (χ3n) is 4.59. The molecule has 1 aromatic heterocycles. The molecule has 8 heteroatoms. The summed E-state index contributed by atoms with van der Waals surface area (Å²) >= 11 is 3.62. The fourth-order valence-corrected chi connectivity index (χ4v) is 4.74. The van der Waals surface area contributed by atoms with Gasteiger partial charge in [-0.25, -0.2) is 0 Å². The fourth-order valence-electron chi connectivity index (χ4n) is 3.04. The lowest BCUT2D eigenvalue weighted by Crippen LogP contribution is -2.16. The maximum Gasteiger partial charge on any atom is 0.234 e. The van der Waals surface area contributed by atoms with Crippen molar-refractivity contribution in [3.8, 4) is 5.75 Å². The molecule has 6 nitrogen and oxygen atoms in total. The van der Waals surface area contributed by atoms with E-state index in [1.165, 1.54) is 17.3 Å². The predicted octanol–water partition coefficient (Wildman–Crippen LogP) is 5.30. The molecule has 3 aromatic rings. The van der Waals surface area contributed by atoms with Gasteiger partial charge >= 0.3 is 0 Å². The second kappa shape index (κ2) is 10.8. The number of allylic oxidation sites excluding steroid dienone is 1. The van der Waals surface area contributed by atoms with E-state index in [-0.39, 0.29) is 18.3 Å². The Morgan fingerprint density at radius 3 is 2.52 bits per heavy atom. The lowest BCUT2D eigenvalue weighted by atomic mass is 10.1. The van der Waals surface area contributed by atoms with E-state index in [0.717, 1.165) is 26.1 Å². The molecule has 0 atom stereocenters. The Hall–Kier alpha value is -2.33. The number of aromatic nitrogens is 3. The summed E-state index contributed by atoms with van der Waals surface area (Å²) in [5, 5.41) is 12.2. The molecule has 31 heavy (non-hydrogen) atoms. The van der Waals surface area contributed by atoms with Crippen LogP contribution in [-0.4, -0.2) is 26.4 Å². The maximum absolute atomic E-state index is 12.6. The third kappa shape index (κ3) is 6.33. The van der Waals surface area contributed by atoms with Crippen LogP contribution < -0.4 is 10.1 Å². The Morgan fingerprint density at radius 1 is 1.19 bits per heavy atom. The van der Waals surface area contributed by atoms with E-state index in [1.54, 1.807) is 6.08 Å². The van der Waals surface area contributed by atoms with E-state index >= 15 is 0 Å². The highest BCUT2D eigenvalue weighted by Gasteiger charge is 2.15. The van der Waals surface area contributed by atoms with Crippen LogP contribution in [0.5, 0.6) is 5.75 Å². The molecule has 1 heterocycles. The van der Waals surface area contributed by atoms with E-state index in [2.05, 4.69) is 56.8 Å². The summed E-state index contributed by atoms with van der Waals surface area (Å²) in [5.74, 6) is 1.62. The van der Waals surface area contributed by atoms with Crippen LogP contribution in [0.3, 0.4) is 0 Å². The number of amides is 1. The Bertz CT molecular complexity index is 1060. The van der Waals surface area contributed by atoms with E-state index < -0.39 is 0 Å². The first-order chi connectivity index (χ1) is 14.9. The van der Waals surface area contributed by atoms with Gasteiger partial charge in [0.1, 0.15) is 12.4 Å². The Morgan fingerprint density at radius 2 is 1.87 bits per heavy atom. The summed E-state index contributed by atoms with van der Waals surface area (Å²) in [5.41, 5.74) is 4.14. The van der Waals surface area contributed by atoms with Gasteiger partial charge in [0.2, 0.25) is 5.91 Å². The van der Waals surface area contributed by atoms with Crippen molar-refractivity contribution in [1.29, 1.82) is 0 Å². The maximum atomic E-state index is 12.6. The number of nitrogens with one attached hydrogen (secondary N) is 1. The molecule has 1 amide bonds. The van der Waals surface area contributed by atoms with Gasteiger partial charge in [0, 0.05) is 15.8 Å². The first-order valence-electron chi connectivity index (χ1n) is 9.79. The molecule has 0 bridgehead atoms. The number of nitrogens with zero attached hydrogens (tertiary/aromatic N) is 3. The normalized spacial score (nSPS) is 10.7. The topological polar surface area (TPSA) is 69.0 Å². The van der Waals surface area contributed by atoms with Gasteiger partial charge in [0.05, 0.1) is 5.75 Å². The predicted molar refractivity (Wildman–Crippen MR) is 134 cm³/mol. The lowest BCUT2D eigenvalue weighted by Gasteiger charge is -2.12. The summed E-state index contributed by atoms with van der Waals surface area (Å²) < 4.78 is 8.91. The molecule has 0 saturated heterocycles. The van der Waals surface area contributed by atoms with Crippen molar-refractivity contribution in [1.82, 2.24) is 14.8 Å². The number of carbonyl (C=O) groups is 1. The van der Waals surface area contributed by atoms with Crippen LogP contribution in [0, 0.1) is 24.3 Å². The number of anilines is 1. The number of rotatable bonds is 9. The molecule has 0 unspecified atom stereocenters. The van der Waals surface area contributed by atoms with Crippen LogP contribution in [0.2, 0.25) is 0 Å². The van der Waals surface area contributed by atoms with Crippen molar-refractivity contribution in [2.45, 2.75) is 39.1 Å². The van der Waals surface area contributed by atoms with E-state index in [0.29, 0.717) is 17.5 Å². The second-order valence-corrected chi connectivity index (χ2v) is 9.34. The molecular weight excluding hydrogens is 523 g/mol. The number of hydrogen-bond acceptors (Lipinski definition) is 5. The smallest absolute Gasteiger partial charge is 0.234 e. The third-order valence-corrected chi connectivity index (χ3v) is 6.18. The largest absolute Gasteiger partial charge is 0.486 e. The molecule has 162 valence electrons. The minimum Gasteiger partial charge on any atom is -0.486 e. The number of ether oxygens (including phenoxy) is 1. The zero-order valence-corrected chi connectivity index (χ0v) is 20.8. The number of benzene rings is 2. The van der Waals surface area contributed by atoms with Gasteiger partial charge in [0.25, 0.3) is 0 Å². The minimum absolute atomic E-state index is 0.0805. The second-order valence-electron chi connectivity index (χ2n) is 7.15. The van der Waals surface area contributed by atoms with Crippen LogP contribution in [-0.2, 0) is 17.9 Å². The molecule has 0 aliphatic carbocycles. The molecule has 2 aromatic carbocycles. The van der Waals surface area contributed by atoms with E-state index in [4.69, 9.17) is 4.74 Å². The molecule has 0 aliphatic heterocycles. The fraction of sp³-hybridized carbons (Fsp3) is 0.261. The Balaban J connectivity index is 1.64. The monoisotopic (exact) mass is 548 g/mol. The Kier molecular flexibility index (Phi) is 8.14. The molecule has 0 aliphatic rings. The van der Waals surface area contributed by atoms with E-state index in [1.807, 2.05) is 49.6 Å². The molecule has 0 saturated carbocycles. The van der Waals surface area contributed by atoms with Gasteiger partial charge in [-0.05, 0) is 78.8 Å². The van der Waals surface area contributed by atoms with Gasteiger partial charge in [-0.1, -0.05) is 35.5 Å². The average molecular weight is 548 g/mol. The SMILES string of the molecule is C=CCn1c(COc2ccc(C)cc2)nnc1SCC(=O)Nc1c(C)cc(I)cc1C. The summed E-state index contributed by atoms with van der Waals surface area (Å²) in [4.78, 5) is 12.6. The van der Waals surface area contributed by atoms with E-state index in [9.17, 15) is 4.79 Å². The van der Waals surface area contributed by atoms with Crippen molar-refractivity contribution >= 4 is 45.9 Å². The number of aryl methyl sites for hydroxylation is 3. The quantitative estimate of drug-likeness (QED) is 0.223. The lowest BCUT2D eigenvalue weighted by molar-refractivity contribution is -0.113. The highest BCUT2D eigenvalue weighted by Crippen LogP contribution is 2.24. The molecule has 0 fully saturated rings. The standard InChI is InChI=1S/C23H25IN4O2S/c1-5-10-28-20(13-30-19-8-6-15(2)7-9-19)26-27-23(28)31-14-21(29)25-22-16(3)11-18(24)12-17(22)4/h5-9,11-12H,1,10,13-14H2,2-4H3,(H,25,29). The van der Waals surface area contributed by atoms with Crippen LogP contribution in [0.15, 0.2) is 54.2 Å². The zero-order valence-electron chi connectivity index (χ0n) is 17.8. The van der Waals surface area contributed by atoms with Crippen molar-refractivity contribution in [2.24, 2.45) is 0 Å². The van der Waals surface area contributed by atoms with Crippen LogP contribution in [0.1, 0.15) is 22.5 Å². The van der Waals surface area contributed by atoms with Gasteiger partial charge in [-0.3, -0.25) is 9.36 Å². The van der Waals surface area contributed by atoms with Gasteiger partial charge in [-0.2, -0.15) is 0 Å². The highest BCUT2D eigenvalue weighted by atomic mass is 127. The molecule has 0 radical (unpaired) electrons. The number of carbonyl (C=O) groups excluding carboxylic acids is 1. The summed E-state index contributed by atoms with van der Waals surface area (Å²) in [7, 11) is 0. The number of thioether (sulfide) groups is 1. The van der Waals surface area contributed by atoms with Gasteiger partial charge < -0.3 is 10.1 Å². The zero-order chi connectivity index (χ0) is 22.4. The Labute approximate surface area is 200 Å². The molecule has 1 N–H and O–H groups in total. The molecule has 3 rings (SSSR count). The minimum atomic E-state index is -0.0805.